The number of hydrogen-bond donors (Lipinski definition) is 0. The van der Waals surface area contributed by atoms with Gasteiger partial charge in [-0.25, -0.2) is 4.79 Å². The van der Waals surface area contributed by atoms with Crippen molar-refractivity contribution in [3.63, 3.8) is 0 Å². The summed E-state index contributed by atoms with van der Waals surface area (Å²) in [7, 11) is 4.21. The van der Waals surface area contributed by atoms with Gasteiger partial charge in [-0.05, 0) is 17.2 Å². The normalized spacial score (nSPS) is 25.1. The molecule has 2 atom stereocenters. The second-order valence-corrected chi connectivity index (χ2v) is 7.36. The number of fused-ring (bicyclic) bond motifs is 2. The lowest BCUT2D eigenvalue weighted by Gasteiger charge is -2.42. The van der Waals surface area contributed by atoms with Gasteiger partial charge in [0.15, 0.2) is 10.8 Å². The summed E-state index contributed by atoms with van der Waals surface area (Å²) in [5.74, 6) is -0.962. The van der Waals surface area contributed by atoms with E-state index < -0.39 is 28.2 Å². The molecule has 0 unspecified atom stereocenters. The van der Waals surface area contributed by atoms with Crippen LogP contribution in [0.3, 0.4) is 0 Å². The Bertz CT molecular complexity index is 1200. The molecule has 1 amide bonds. The first kappa shape index (κ1) is 20.1. The monoisotopic (exact) mass is 414 g/mol. The van der Waals surface area contributed by atoms with Gasteiger partial charge in [0.05, 0.1) is 32.0 Å². The van der Waals surface area contributed by atoms with E-state index in [4.69, 9.17) is 9.47 Å². The Morgan fingerprint density at radius 1 is 1.10 bits per heavy atom. The lowest BCUT2D eigenvalue weighted by atomic mass is 9.53. The number of hydrogen-bond acceptors (Lipinski definition) is 7. The number of nitriles is 2. The molecular formula is C23H18N4O4. The predicted molar refractivity (Wildman–Crippen MR) is 110 cm³/mol. The Morgan fingerprint density at radius 2 is 1.77 bits per heavy atom. The molecule has 154 valence electrons. The molecule has 1 spiro atoms. The number of rotatable bonds is 3. The molecule has 2 aliphatic rings. The number of carbonyl (C=O) groups excluding carboxylic acids is 2. The third-order valence-corrected chi connectivity index (χ3v) is 6.21. The maximum absolute atomic E-state index is 14.0. The first-order valence-corrected chi connectivity index (χ1v) is 9.39. The summed E-state index contributed by atoms with van der Waals surface area (Å²) in [6.45, 7) is 0. The molecule has 0 saturated carbocycles. The van der Waals surface area contributed by atoms with Crippen LogP contribution in [0.1, 0.15) is 11.1 Å². The highest BCUT2D eigenvalue weighted by atomic mass is 16.5. The largest absolute Gasteiger partial charge is 0.497 e. The van der Waals surface area contributed by atoms with E-state index in [-0.39, 0.29) is 0 Å². The van der Waals surface area contributed by atoms with Crippen molar-refractivity contribution in [2.45, 2.75) is 11.0 Å². The van der Waals surface area contributed by atoms with Crippen LogP contribution in [0.25, 0.3) is 0 Å². The highest BCUT2D eigenvalue weighted by Crippen LogP contribution is 2.64. The summed E-state index contributed by atoms with van der Waals surface area (Å²) in [4.78, 5) is 33.2. The lowest BCUT2D eigenvalue weighted by molar-refractivity contribution is -0.154. The van der Waals surface area contributed by atoms with E-state index in [1.165, 1.54) is 26.2 Å². The van der Waals surface area contributed by atoms with Crippen LogP contribution in [0, 0.1) is 28.1 Å². The first-order valence-electron chi connectivity index (χ1n) is 9.39. The topological polar surface area (TPSA) is 116 Å². The van der Waals surface area contributed by atoms with E-state index in [1.807, 2.05) is 12.1 Å². The zero-order valence-electron chi connectivity index (χ0n) is 17.1. The number of benzene rings is 2. The van der Waals surface area contributed by atoms with E-state index >= 15 is 0 Å². The molecule has 0 aromatic heterocycles. The summed E-state index contributed by atoms with van der Waals surface area (Å²) in [5, 5.41) is 20.4. The molecule has 0 saturated heterocycles. The van der Waals surface area contributed by atoms with Crippen LogP contribution < -0.4 is 9.64 Å². The van der Waals surface area contributed by atoms with E-state index in [2.05, 4.69) is 4.99 Å². The van der Waals surface area contributed by atoms with Gasteiger partial charge in [-0.3, -0.25) is 9.79 Å². The summed E-state index contributed by atoms with van der Waals surface area (Å²) < 4.78 is 10.4. The van der Waals surface area contributed by atoms with Gasteiger partial charge in [-0.1, -0.05) is 36.4 Å². The van der Waals surface area contributed by atoms with Crippen molar-refractivity contribution in [2.75, 3.05) is 26.2 Å². The van der Waals surface area contributed by atoms with Crippen molar-refractivity contribution in [3.05, 3.63) is 59.7 Å². The van der Waals surface area contributed by atoms with Crippen molar-refractivity contribution in [1.82, 2.24) is 0 Å². The first-order chi connectivity index (χ1) is 14.9. The number of amides is 1. The fraction of sp³-hybridized carbons (Fsp3) is 0.261. The molecular weight excluding hydrogens is 396 g/mol. The van der Waals surface area contributed by atoms with Crippen molar-refractivity contribution in [1.29, 1.82) is 10.5 Å². The molecule has 4 rings (SSSR count). The van der Waals surface area contributed by atoms with Crippen LogP contribution in [0.2, 0.25) is 0 Å². The summed E-state index contributed by atoms with van der Waals surface area (Å²) in [6, 6.07) is 17.2. The van der Waals surface area contributed by atoms with Crippen LogP contribution in [-0.2, 0) is 25.3 Å². The minimum atomic E-state index is -2.05. The third kappa shape index (κ3) is 2.09. The molecule has 31 heavy (non-hydrogen) atoms. The van der Waals surface area contributed by atoms with Gasteiger partial charge in [0.2, 0.25) is 11.4 Å². The Hall–Kier alpha value is -4.17. The van der Waals surface area contributed by atoms with Gasteiger partial charge in [-0.2, -0.15) is 10.5 Å². The molecule has 8 heteroatoms. The number of esters is 1. The van der Waals surface area contributed by atoms with Gasteiger partial charge in [0, 0.05) is 19.3 Å². The van der Waals surface area contributed by atoms with Crippen molar-refractivity contribution < 1.29 is 19.1 Å². The second kappa shape index (κ2) is 6.68. The molecule has 2 aromatic carbocycles. The zero-order chi connectivity index (χ0) is 22.4. The van der Waals surface area contributed by atoms with Crippen molar-refractivity contribution >= 4 is 23.8 Å². The van der Waals surface area contributed by atoms with Crippen LogP contribution in [0.5, 0.6) is 5.75 Å². The molecule has 2 aromatic rings. The number of ether oxygens (including phenoxy) is 2. The number of methoxy groups -OCH3 is 2. The number of aliphatic imine (C=N–C) groups is 1. The number of carbonyl (C=O) groups is 2. The SMILES string of the molecule is COC(=O)[C@]1(c2ccccc2)N=CC(C#N)(C#N)[C@@]12C(=O)N(C)c1cc(OC)ccc12. The molecule has 2 aliphatic heterocycles. The second-order valence-electron chi connectivity index (χ2n) is 7.36. The van der Waals surface area contributed by atoms with Crippen LogP contribution in [-0.4, -0.2) is 39.4 Å². The maximum Gasteiger partial charge on any atom is 0.340 e. The molecule has 0 bridgehead atoms. The molecule has 0 fully saturated rings. The van der Waals surface area contributed by atoms with Crippen LogP contribution >= 0.6 is 0 Å². The Labute approximate surface area is 178 Å². The highest BCUT2D eigenvalue weighted by molar-refractivity contribution is 6.18. The molecule has 0 N–H and O–H groups in total. The lowest BCUT2D eigenvalue weighted by Crippen LogP contribution is -2.63. The third-order valence-electron chi connectivity index (χ3n) is 6.21. The highest BCUT2D eigenvalue weighted by Gasteiger charge is 2.80. The van der Waals surface area contributed by atoms with Crippen molar-refractivity contribution in [2.24, 2.45) is 10.4 Å². The number of nitrogens with zero attached hydrogens (tertiary/aromatic N) is 4. The molecule has 2 heterocycles. The standard InChI is InChI=1S/C23H18N4O4/c1-27-18-11-16(30-2)9-10-17(18)22(19(27)28)21(12-24,13-25)14-26-23(22,20(29)31-3)15-7-5-4-6-8-15/h4-11,14H,1-3H3/t22-,23+/m1/s1. The predicted octanol–water partition coefficient (Wildman–Crippen LogP) is 2.10. The minimum absolute atomic E-state index is 0.329. The fourth-order valence-corrected chi connectivity index (χ4v) is 4.80. The van der Waals surface area contributed by atoms with Gasteiger partial charge in [-0.15, -0.1) is 0 Å². The Balaban J connectivity index is 2.22. The van der Waals surface area contributed by atoms with E-state index in [1.54, 1.807) is 48.5 Å². The summed E-state index contributed by atoms with van der Waals surface area (Å²) in [6.07, 6.45) is 1.11. The van der Waals surface area contributed by atoms with Gasteiger partial charge < -0.3 is 14.4 Å². The Morgan fingerprint density at radius 3 is 2.35 bits per heavy atom. The number of anilines is 1. The number of likely N-dealkylation sites (N-methyl/N-ethyl adjacent to an activating group) is 1. The summed E-state index contributed by atoms with van der Waals surface area (Å²) >= 11 is 0. The smallest absolute Gasteiger partial charge is 0.340 e. The Kier molecular flexibility index (Phi) is 4.33. The minimum Gasteiger partial charge on any atom is -0.497 e. The summed E-state index contributed by atoms with van der Waals surface area (Å²) in [5.41, 5.74) is -4.92. The van der Waals surface area contributed by atoms with Crippen LogP contribution in [0.4, 0.5) is 5.69 Å². The zero-order valence-corrected chi connectivity index (χ0v) is 17.1. The van der Waals surface area contributed by atoms with E-state index in [0.29, 0.717) is 22.6 Å². The molecule has 8 nitrogen and oxygen atoms in total. The van der Waals surface area contributed by atoms with Crippen LogP contribution in [0.15, 0.2) is 53.5 Å². The van der Waals surface area contributed by atoms with E-state index in [9.17, 15) is 20.1 Å². The van der Waals surface area contributed by atoms with Gasteiger partial charge in [0.25, 0.3) is 0 Å². The average molecular weight is 414 g/mol. The maximum atomic E-state index is 14.0. The van der Waals surface area contributed by atoms with Gasteiger partial charge in [0.1, 0.15) is 5.75 Å². The van der Waals surface area contributed by atoms with Gasteiger partial charge >= 0.3 is 5.97 Å². The fourth-order valence-electron chi connectivity index (χ4n) is 4.80. The van der Waals surface area contributed by atoms with Crippen molar-refractivity contribution in [3.8, 4) is 17.9 Å². The average Bonchev–Trinajstić information content (AvgIpc) is 3.26. The van der Waals surface area contributed by atoms with E-state index in [0.717, 1.165) is 6.21 Å². The molecule has 0 aliphatic carbocycles. The quantitative estimate of drug-likeness (QED) is 0.710. The molecule has 0 radical (unpaired) electrons.